The van der Waals surface area contributed by atoms with E-state index in [0.29, 0.717) is 17.5 Å². The highest BCUT2D eigenvalue weighted by Gasteiger charge is 2.19. The molecule has 254 valence electrons. The lowest BCUT2D eigenvalue weighted by Gasteiger charge is -2.12. The van der Waals surface area contributed by atoms with Crippen molar-refractivity contribution < 1.29 is 4.42 Å². The van der Waals surface area contributed by atoms with E-state index in [0.717, 1.165) is 50.1 Å². The zero-order valence-electron chi connectivity index (χ0n) is 29.6. The summed E-state index contributed by atoms with van der Waals surface area (Å²) in [5.41, 5.74) is 6.76. The molecule has 0 unspecified atom stereocenters. The van der Waals surface area contributed by atoms with E-state index >= 15 is 0 Å². The van der Waals surface area contributed by atoms with Gasteiger partial charge in [0, 0.05) is 27.6 Å². The highest BCUT2D eigenvalue weighted by atomic mass is 16.3. The van der Waals surface area contributed by atoms with E-state index in [1.165, 1.54) is 43.1 Å². The Balaban J connectivity index is 1.11. The van der Waals surface area contributed by atoms with Crippen LogP contribution in [0.5, 0.6) is 0 Å². The van der Waals surface area contributed by atoms with E-state index in [1.54, 1.807) is 6.08 Å². The summed E-state index contributed by atoms with van der Waals surface area (Å²) in [6.07, 6.45) is 5.56. The molecule has 0 spiro atoms. The minimum atomic E-state index is 0.593. The van der Waals surface area contributed by atoms with Crippen LogP contribution in [0.2, 0.25) is 0 Å². The van der Waals surface area contributed by atoms with E-state index in [1.807, 2.05) is 54.6 Å². The summed E-state index contributed by atoms with van der Waals surface area (Å²) >= 11 is 0. The van der Waals surface area contributed by atoms with Crippen LogP contribution in [-0.2, 0) is 0 Å². The largest absolute Gasteiger partial charge is 0.456 e. The number of hydrogen-bond acceptors (Lipinski definition) is 4. The molecule has 2 aromatic heterocycles. The van der Waals surface area contributed by atoms with Gasteiger partial charge >= 0.3 is 0 Å². The average Bonchev–Trinajstić information content (AvgIpc) is 3.57. The van der Waals surface area contributed by atoms with Gasteiger partial charge in [-0.05, 0) is 85.4 Å². The topological polar surface area (TPSA) is 51.8 Å². The van der Waals surface area contributed by atoms with Crippen LogP contribution in [0.15, 0.2) is 175 Å². The molecule has 4 heteroatoms. The number of nitrogens with zero attached hydrogens (tertiary/aromatic N) is 3. The van der Waals surface area contributed by atoms with Gasteiger partial charge in [-0.2, -0.15) is 0 Å². The van der Waals surface area contributed by atoms with Crippen molar-refractivity contribution in [2.75, 3.05) is 0 Å². The van der Waals surface area contributed by atoms with Crippen LogP contribution < -0.4 is 0 Å². The fraction of sp³-hybridized carbons (Fsp3) is 0.0200. The number of benzene rings is 8. The van der Waals surface area contributed by atoms with Crippen molar-refractivity contribution in [3.63, 3.8) is 0 Å². The fourth-order valence-corrected chi connectivity index (χ4v) is 7.83. The Labute approximate surface area is 312 Å². The van der Waals surface area contributed by atoms with Gasteiger partial charge in [-0.1, -0.05) is 152 Å². The van der Waals surface area contributed by atoms with Gasteiger partial charge in [0.25, 0.3) is 0 Å². The first kappa shape index (κ1) is 31.6. The predicted molar refractivity (Wildman–Crippen MR) is 225 cm³/mol. The normalized spacial score (nSPS) is 11.8. The standard InChI is InChI=1S/C50H33N3O/c1-3-4-19-44-31(2)46-43(18-11-20-45(46)54-44)50-52-48(34-13-6-5-7-14-34)51-49(53-50)38-16-10-15-35(30-38)36-25-26-40-37(29-36)22-21-33-24-27-41-39-17-9-8-12-32(39)23-28-42(41)47(33)40/h3-30H,1H2,2H3/b19-4-. The van der Waals surface area contributed by atoms with Crippen molar-refractivity contribution >= 4 is 60.1 Å². The highest BCUT2D eigenvalue weighted by Crippen LogP contribution is 2.38. The number of rotatable bonds is 6. The Kier molecular flexibility index (Phi) is 7.48. The summed E-state index contributed by atoms with van der Waals surface area (Å²) in [5.74, 6) is 2.60. The van der Waals surface area contributed by atoms with Crippen LogP contribution >= 0.6 is 0 Å². The molecule has 10 aromatic rings. The second kappa shape index (κ2) is 12.8. The summed E-state index contributed by atoms with van der Waals surface area (Å²) < 4.78 is 6.24. The number of hydrogen-bond donors (Lipinski definition) is 0. The van der Waals surface area contributed by atoms with Crippen molar-refractivity contribution in [3.8, 4) is 45.3 Å². The van der Waals surface area contributed by atoms with Crippen LogP contribution in [0.4, 0.5) is 0 Å². The van der Waals surface area contributed by atoms with Crippen LogP contribution in [0.1, 0.15) is 11.3 Å². The molecule has 0 aliphatic rings. The third-order valence-corrected chi connectivity index (χ3v) is 10.5. The van der Waals surface area contributed by atoms with Gasteiger partial charge in [0.2, 0.25) is 0 Å². The van der Waals surface area contributed by atoms with Gasteiger partial charge in [0.1, 0.15) is 11.3 Å². The van der Waals surface area contributed by atoms with E-state index in [-0.39, 0.29) is 0 Å². The molecule has 0 amide bonds. The molecule has 8 aromatic carbocycles. The SMILES string of the molecule is C=C/C=C\c1oc2cccc(-c3nc(-c4ccccc4)nc(-c4cccc(-c5ccc6c(ccc7ccc8c9ccccc9ccc8c76)c5)c4)n3)c2c1C. The number of aryl methyl sites for hydroxylation is 1. The maximum absolute atomic E-state index is 6.24. The second-order valence-corrected chi connectivity index (χ2v) is 13.7. The molecule has 0 bridgehead atoms. The Morgan fingerprint density at radius 1 is 0.481 bits per heavy atom. The van der Waals surface area contributed by atoms with E-state index < -0.39 is 0 Å². The third kappa shape index (κ3) is 5.27. The third-order valence-electron chi connectivity index (χ3n) is 10.5. The van der Waals surface area contributed by atoms with Gasteiger partial charge in [0.05, 0.1) is 0 Å². The summed E-state index contributed by atoms with van der Waals surface area (Å²) in [4.78, 5) is 15.2. The molecule has 0 aliphatic heterocycles. The summed E-state index contributed by atoms with van der Waals surface area (Å²) in [6.45, 7) is 5.88. The minimum Gasteiger partial charge on any atom is -0.456 e. The molecule has 0 saturated carbocycles. The molecule has 0 N–H and O–H groups in total. The molecule has 0 radical (unpaired) electrons. The van der Waals surface area contributed by atoms with Crippen molar-refractivity contribution in [3.05, 3.63) is 182 Å². The lowest BCUT2D eigenvalue weighted by molar-refractivity contribution is 0.601. The maximum Gasteiger partial charge on any atom is 0.164 e. The quantitative estimate of drug-likeness (QED) is 0.129. The smallest absolute Gasteiger partial charge is 0.164 e. The molecular formula is C50H33N3O. The van der Waals surface area contributed by atoms with E-state index in [9.17, 15) is 0 Å². The van der Waals surface area contributed by atoms with Gasteiger partial charge in [-0.25, -0.2) is 15.0 Å². The van der Waals surface area contributed by atoms with Gasteiger partial charge in [-0.15, -0.1) is 0 Å². The number of aromatic nitrogens is 3. The van der Waals surface area contributed by atoms with Crippen LogP contribution in [0.25, 0.3) is 105 Å². The average molecular weight is 692 g/mol. The zero-order valence-corrected chi connectivity index (χ0v) is 29.6. The second-order valence-electron chi connectivity index (χ2n) is 13.7. The predicted octanol–water partition coefficient (Wildman–Crippen LogP) is 13.4. The molecule has 2 heterocycles. The molecule has 10 rings (SSSR count). The highest BCUT2D eigenvalue weighted by molar-refractivity contribution is 6.24. The summed E-state index contributed by atoms with van der Waals surface area (Å²) in [6, 6.07) is 53.5. The Morgan fingerprint density at radius 2 is 1.15 bits per heavy atom. The first-order chi connectivity index (χ1) is 26.6. The van der Waals surface area contributed by atoms with Crippen LogP contribution in [-0.4, -0.2) is 15.0 Å². The van der Waals surface area contributed by atoms with Gasteiger partial charge in [-0.3, -0.25) is 0 Å². The van der Waals surface area contributed by atoms with E-state index in [4.69, 9.17) is 19.4 Å². The number of furan rings is 1. The van der Waals surface area contributed by atoms with Crippen LogP contribution in [0.3, 0.4) is 0 Å². The molecule has 0 fully saturated rings. The number of allylic oxidation sites excluding steroid dienone is 2. The lowest BCUT2D eigenvalue weighted by Crippen LogP contribution is -2.00. The first-order valence-electron chi connectivity index (χ1n) is 18.1. The summed E-state index contributed by atoms with van der Waals surface area (Å²) in [7, 11) is 0. The Morgan fingerprint density at radius 3 is 2.04 bits per heavy atom. The molecule has 0 aliphatic carbocycles. The van der Waals surface area contributed by atoms with Crippen LogP contribution in [0, 0.1) is 6.92 Å². The fourth-order valence-electron chi connectivity index (χ4n) is 7.83. The minimum absolute atomic E-state index is 0.593. The monoisotopic (exact) mass is 691 g/mol. The molecule has 54 heavy (non-hydrogen) atoms. The van der Waals surface area contributed by atoms with Gasteiger partial charge in [0.15, 0.2) is 17.5 Å². The van der Waals surface area contributed by atoms with Crippen molar-refractivity contribution in [2.45, 2.75) is 6.92 Å². The molecule has 0 atom stereocenters. The van der Waals surface area contributed by atoms with Crippen molar-refractivity contribution in [1.29, 1.82) is 0 Å². The molecular weight excluding hydrogens is 659 g/mol. The maximum atomic E-state index is 6.24. The van der Waals surface area contributed by atoms with Crippen molar-refractivity contribution in [1.82, 2.24) is 15.0 Å². The number of fused-ring (bicyclic) bond motifs is 8. The molecule has 0 saturated heterocycles. The summed E-state index contributed by atoms with van der Waals surface area (Å²) in [5, 5.41) is 11.0. The zero-order chi connectivity index (χ0) is 36.2. The Bertz CT molecular complexity index is 3140. The molecule has 4 nitrogen and oxygen atoms in total. The lowest BCUT2D eigenvalue weighted by atomic mass is 9.92. The van der Waals surface area contributed by atoms with Crippen molar-refractivity contribution in [2.24, 2.45) is 0 Å². The Hall–Kier alpha value is -7.17. The van der Waals surface area contributed by atoms with E-state index in [2.05, 4.69) is 123 Å². The van der Waals surface area contributed by atoms with Gasteiger partial charge < -0.3 is 4.42 Å². The first-order valence-corrected chi connectivity index (χ1v) is 18.1.